The minimum atomic E-state index is -4.62. The van der Waals surface area contributed by atoms with Gasteiger partial charge in [0.25, 0.3) is 0 Å². The molecule has 1 aromatic carbocycles. The molecule has 0 heterocycles. The monoisotopic (exact) mass is 290 g/mol. The minimum absolute atomic E-state index is 0.101. The summed E-state index contributed by atoms with van der Waals surface area (Å²) in [6.45, 7) is -0.101. The first-order valence-electron chi connectivity index (χ1n) is 4.94. The molecule has 0 saturated carbocycles. The van der Waals surface area contributed by atoms with Gasteiger partial charge in [0.1, 0.15) is 6.07 Å². The van der Waals surface area contributed by atoms with E-state index in [1.54, 1.807) is 6.07 Å². The van der Waals surface area contributed by atoms with Gasteiger partial charge in [-0.3, -0.25) is 0 Å². The Morgan fingerprint density at radius 2 is 2.16 bits per heavy atom. The highest BCUT2D eigenvalue weighted by molar-refractivity contribution is 8.00. The number of benzene rings is 1. The van der Waals surface area contributed by atoms with Crippen LogP contribution in [0.3, 0.4) is 0 Å². The summed E-state index contributed by atoms with van der Waals surface area (Å²) in [5.74, 6) is -0.938. The molecule has 0 saturated heterocycles. The molecule has 0 amide bonds. The molecule has 1 rings (SSSR count). The van der Waals surface area contributed by atoms with Crippen LogP contribution in [0.2, 0.25) is 0 Å². The van der Waals surface area contributed by atoms with Crippen molar-refractivity contribution in [2.24, 2.45) is 5.73 Å². The number of esters is 1. The van der Waals surface area contributed by atoms with Crippen molar-refractivity contribution in [2.75, 3.05) is 7.11 Å². The molecule has 2 N–H and O–H groups in total. The van der Waals surface area contributed by atoms with Gasteiger partial charge in [0.15, 0.2) is 0 Å². The van der Waals surface area contributed by atoms with Crippen LogP contribution in [-0.2, 0) is 11.3 Å². The second kappa shape index (κ2) is 5.95. The molecule has 0 unspecified atom stereocenters. The lowest BCUT2D eigenvalue weighted by atomic mass is 10.0. The van der Waals surface area contributed by atoms with Crippen LogP contribution in [0.4, 0.5) is 13.2 Å². The molecule has 0 spiro atoms. The number of rotatable bonds is 3. The van der Waals surface area contributed by atoms with Gasteiger partial charge in [-0.05, 0) is 23.4 Å². The normalized spacial score (nSPS) is 10.9. The maximum atomic E-state index is 12.5. The Kier molecular flexibility index (Phi) is 4.80. The number of ether oxygens (including phenoxy) is 1. The molecule has 19 heavy (non-hydrogen) atoms. The van der Waals surface area contributed by atoms with Crippen LogP contribution >= 0.6 is 11.8 Å². The van der Waals surface area contributed by atoms with E-state index in [4.69, 9.17) is 11.0 Å². The Hall–Kier alpha value is -1.72. The molecular weight excluding hydrogens is 281 g/mol. The zero-order valence-electron chi connectivity index (χ0n) is 9.75. The summed E-state index contributed by atoms with van der Waals surface area (Å²) in [7, 11) is 1.05. The number of hydrogen-bond acceptors (Lipinski definition) is 5. The van der Waals surface area contributed by atoms with Crippen molar-refractivity contribution in [3.8, 4) is 6.07 Å². The Morgan fingerprint density at radius 3 is 2.58 bits per heavy atom. The standard InChI is InChI=1S/C11H9F3N2O2S/c1-18-10(17)7-3-2-6(4-15)8(5-16)9(7)19-11(12,13)14/h2-3H,4,15H2,1H3. The van der Waals surface area contributed by atoms with E-state index >= 15 is 0 Å². The Balaban J connectivity index is 3.50. The van der Waals surface area contributed by atoms with E-state index in [-0.39, 0.29) is 23.2 Å². The van der Waals surface area contributed by atoms with E-state index in [0.29, 0.717) is 0 Å². The van der Waals surface area contributed by atoms with Gasteiger partial charge in [0.2, 0.25) is 0 Å². The third kappa shape index (κ3) is 3.62. The number of nitrogens with two attached hydrogens (primary N) is 1. The van der Waals surface area contributed by atoms with Crippen molar-refractivity contribution in [1.82, 2.24) is 0 Å². The van der Waals surface area contributed by atoms with E-state index in [1.165, 1.54) is 12.1 Å². The third-order valence-electron chi connectivity index (χ3n) is 2.20. The molecule has 102 valence electrons. The topological polar surface area (TPSA) is 76.1 Å². The fraction of sp³-hybridized carbons (Fsp3) is 0.273. The summed E-state index contributed by atoms with van der Waals surface area (Å²) in [6.07, 6.45) is 0. The van der Waals surface area contributed by atoms with Crippen LogP contribution in [0.15, 0.2) is 17.0 Å². The van der Waals surface area contributed by atoms with Crippen molar-refractivity contribution in [2.45, 2.75) is 16.9 Å². The van der Waals surface area contributed by atoms with Crippen LogP contribution < -0.4 is 5.73 Å². The smallest absolute Gasteiger partial charge is 0.446 e. The average Bonchev–Trinajstić information content (AvgIpc) is 2.35. The molecule has 8 heteroatoms. The summed E-state index contributed by atoms with van der Waals surface area (Å²) in [5.41, 5.74) is 0.411. The van der Waals surface area contributed by atoms with Gasteiger partial charge in [-0.25, -0.2) is 4.79 Å². The summed E-state index contributed by atoms with van der Waals surface area (Å²) in [5, 5.41) is 8.97. The van der Waals surface area contributed by atoms with Gasteiger partial charge >= 0.3 is 11.5 Å². The lowest BCUT2D eigenvalue weighted by molar-refractivity contribution is -0.0328. The van der Waals surface area contributed by atoms with Gasteiger partial charge in [0.05, 0.1) is 18.2 Å². The number of hydrogen-bond donors (Lipinski definition) is 1. The molecule has 4 nitrogen and oxygen atoms in total. The van der Waals surface area contributed by atoms with Crippen molar-refractivity contribution in [3.05, 3.63) is 28.8 Å². The number of halogens is 3. The number of carbonyl (C=O) groups is 1. The Labute approximate surface area is 111 Å². The Bertz CT molecular complexity index is 538. The van der Waals surface area contributed by atoms with Crippen LogP contribution in [-0.4, -0.2) is 18.6 Å². The zero-order chi connectivity index (χ0) is 14.6. The van der Waals surface area contributed by atoms with Crippen LogP contribution in [0.1, 0.15) is 21.5 Å². The lowest BCUT2D eigenvalue weighted by Crippen LogP contribution is -2.11. The fourth-order valence-corrected chi connectivity index (χ4v) is 2.18. The van der Waals surface area contributed by atoms with E-state index in [9.17, 15) is 18.0 Å². The molecule has 1 aromatic rings. The van der Waals surface area contributed by atoms with Crippen molar-refractivity contribution in [1.29, 1.82) is 5.26 Å². The maximum Gasteiger partial charge on any atom is 0.446 e. The SMILES string of the molecule is COC(=O)c1ccc(CN)c(C#N)c1SC(F)(F)F. The fourth-order valence-electron chi connectivity index (χ4n) is 1.41. The number of thioether (sulfide) groups is 1. The largest absolute Gasteiger partial charge is 0.465 e. The first-order chi connectivity index (χ1) is 8.84. The number of carbonyl (C=O) groups excluding carboxylic acids is 1. The summed E-state index contributed by atoms with van der Waals surface area (Å²) in [4.78, 5) is 11.0. The number of alkyl halides is 3. The highest BCUT2D eigenvalue weighted by Crippen LogP contribution is 2.41. The van der Waals surface area contributed by atoms with Gasteiger partial charge < -0.3 is 10.5 Å². The molecule has 0 atom stereocenters. The Morgan fingerprint density at radius 1 is 1.53 bits per heavy atom. The maximum absolute atomic E-state index is 12.5. The number of methoxy groups -OCH3 is 1. The predicted molar refractivity (Wildman–Crippen MR) is 62.3 cm³/mol. The molecule has 0 aliphatic carbocycles. The molecule has 0 radical (unpaired) electrons. The number of nitrogens with zero attached hydrogens (tertiary/aromatic N) is 1. The van der Waals surface area contributed by atoms with Crippen molar-refractivity contribution < 1.29 is 22.7 Å². The van der Waals surface area contributed by atoms with Crippen LogP contribution in [0.25, 0.3) is 0 Å². The summed E-state index contributed by atoms with van der Waals surface area (Å²) >= 11 is -0.527. The van der Waals surface area contributed by atoms with Gasteiger partial charge in [0, 0.05) is 11.4 Å². The molecule has 0 aliphatic rings. The first kappa shape index (κ1) is 15.3. The van der Waals surface area contributed by atoms with E-state index < -0.39 is 28.1 Å². The van der Waals surface area contributed by atoms with Gasteiger partial charge in [-0.2, -0.15) is 18.4 Å². The van der Waals surface area contributed by atoms with Crippen LogP contribution in [0, 0.1) is 11.3 Å². The molecule has 0 aliphatic heterocycles. The summed E-state index contributed by atoms with van der Waals surface area (Å²) < 4.78 is 41.9. The quantitative estimate of drug-likeness (QED) is 0.683. The molecule has 0 fully saturated rings. The van der Waals surface area contributed by atoms with Crippen molar-refractivity contribution in [3.63, 3.8) is 0 Å². The minimum Gasteiger partial charge on any atom is -0.465 e. The molecule has 0 aromatic heterocycles. The van der Waals surface area contributed by atoms with Crippen LogP contribution in [0.5, 0.6) is 0 Å². The van der Waals surface area contributed by atoms with E-state index in [0.717, 1.165) is 7.11 Å². The average molecular weight is 290 g/mol. The first-order valence-corrected chi connectivity index (χ1v) is 5.75. The van der Waals surface area contributed by atoms with Crippen molar-refractivity contribution >= 4 is 17.7 Å². The van der Waals surface area contributed by atoms with Gasteiger partial charge in [-0.1, -0.05) is 6.07 Å². The highest BCUT2D eigenvalue weighted by atomic mass is 32.2. The van der Waals surface area contributed by atoms with E-state index in [1.807, 2.05) is 0 Å². The molecular formula is C11H9F3N2O2S. The zero-order valence-corrected chi connectivity index (χ0v) is 10.6. The lowest BCUT2D eigenvalue weighted by Gasteiger charge is -2.13. The highest BCUT2D eigenvalue weighted by Gasteiger charge is 2.34. The number of nitriles is 1. The van der Waals surface area contributed by atoms with E-state index in [2.05, 4.69) is 4.74 Å². The second-order valence-corrected chi connectivity index (χ2v) is 4.41. The molecule has 0 bridgehead atoms. The predicted octanol–water partition coefficient (Wildman–Crippen LogP) is 2.42. The van der Waals surface area contributed by atoms with Gasteiger partial charge in [-0.15, -0.1) is 0 Å². The summed E-state index contributed by atoms with van der Waals surface area (Å²) in [6, 6.07) is 4.16. The second-order valence-electron chi connectivity index (χ2n) is 3.33. The third-order valence-corrected chi connectivity index (χ3v) is 3.06.